The molecular weight excluding hydrogens is 260 g/mol. The molecule has 3 nitrogen and oxygen atoms in total. The Morgan fingerprint density at radius 1 is 1.33 bits per heavy atom. The van der Waals surface area contributed by atoms with Crippen molar-refractivity contribution in [3.8, 4) is 5.75 Å². The van der Waals surface area contributed by atoms with Crippen molar-refractivity contribution in [2.75, 3.05) is 7.11 Å². The van der Waals surface area contributed by atoms with Crippen molar-refractivity contribution in [1.29, 1.82) is 0 Å². The lowest BCUT2D eigenvalue weighted by molar-refractivity contribution is 0.413. The fraction of sp³-hybridized carbons (Fsp3) is 0.182. The minimum atomic E-state index is -0.317. The molecule has 0 spiro atoms. The van der Waals surface area contributed by atoms with Gasteiger partial charge in [-0.05, 0) is 35.0 Å². The minimum Gasteiger partial charge on any atom is -0.497 e. The quantitative estimate of drug-likeness (QED) is 0.747. The Bertz CT molecular complexity index is 572. The van der Waals surface area contributed by atoms with Gasteiger partial charge in [-0.15, -0.1) is 0 Å². The molecule has 15 heavy (non-hydrogen) atoms. The SMILES string of the molecule is COc1cc(Br)c2cc(C)c(=O)oc2c1. The number of benzene rings is 1. The average Bonchev–Trinajstić information content (AvgIpc) is 2.21. The van der Waals surface area contributed by atoms with E-state index in [1.165, 1.54) is 0 Å². The van der Waals surface area contributed by atoms with E-state index < -0.39 is 0 Å². The summed E-state index contributed by atoms with van der Waals surface area (Å²) in [5, 5.41) is 0.868. The maximum absolute atomic E-state index is 11.3. The Morgan fingerprint density at radius 3 is 2.73 bits per heavy atom. The van der Waals surface area contributed by atoms with Crippen LogP contribution in [-0.4, -0.2) is 7.11 Å². The first kappa shape index (κ1) is 10.2. The molecule has 0 saturated carbocycles. The molecule has 1 aromatic carbocycles. The van der Waals surface area contributed by atoms with Gasteiger partial charge in [-0.3, -0.25) is 0 Å². The average molecular weight is 269 g/mol. The highest BCUT2D eigenvalue weighted by Gasteiger charge is 2.06. The van der Waals surface area contributed by atoms with Crippen LogP contribution in [0, 0.1) is 6.92 Å². The molecular formula is C11H9BrO3. The van der Waals surface area contributed by atoms with Crippen molar-refractivity contribution >= 4 is 26.9 Å². The first-order valence-corrected chi connectivity index (χ1v) is 5.19. The van der Waals surface area contributed by atoms with Gasteiger partial charge < -0.3 is 9.15 Å². The summed E-state index contributed by atoms with van der Waals surface area (Å²) in [6, 6.07) is 5.33. The van der Waals surface area contributed by atoms with E-state index in [-0.39, 0.29) is 5.63 Å². The second kappa shape index (κ2) is 3.70. The summed E-state index contributed by atoms with van der Waals surface area (Å²) in [6.45, 7) is 1.72. The zero-order valence-corrected chi connectivity index (χ0v) is 9.92. The zero-order valence-electron chi connectivity index (χ0n) is 8.33. The van der Waals surface area contributed by atoms with Crippen LogP contribution in [0.15, 0.2) is 31.9 Å². The van der Waals surface area contributed by atoms with E-state index in [1.54, 1.807) is 26.2 Å². The molecule has 78 valence electrons. The van der Waals surface area contributed by atoms with E-state index in [9.17, 15) is 4.79 Å². The molecule has 2 rings (SSSR count). The topological polar surface area (TPSA) is 39.4 Å². The maximum Gasteiger partial charge on any atom is 0.339 e. The van der Waals surface area contributed by atoms with Gasteiger partial charge in [-0.1, -0.05) is 0 Å². The van der Waals surface area contributed by atoms with E-state index >= 15 is 0 Å². The second-order valence-corrected chi connectivity index (χ2v) is 4.09. The van der Waals surface area contributed by atoms with Gasteiger partial charge in [0.05, 0.1) is 7.11 Å². The standard InChI is InChI=1S/C11H9BrO3/c1-6-3-8-9(12)4-7(14-2)5-10(8)15-11(6)13/h3-5H,1-2H3. The molecule has 0 saturated heterocycles. The highest BCUT2D eigenvalue weighted by atomic mass is 79.9. The third-order valence-corrected chi connectivity index (χ3v) is 2.84. The number of fused-ring (bicyclic) bond motifs is 1. The van der Waals surface area contributed by atoms with Gasteiger partial charge in [0.15, 0.2) is 0 Å². The Hall–Kier alpha value is -1.29. The predicted molar refractivity (Wildman–Crippen MR) is 61.5 cm³/mol. The first-order chi connectivity index (χ1) is 7.11. The highest BCUT2D eigenvalue weighted by molar-refractivity contribution is 9.10. The smallest absolute Gasteiger partial charge is 0.339 e. The van der Waals surface area contributed by atoms with Crippen LogP contribution in [0.5, 0.6) is 5.75 Å². The van der Waals surface area contributed by atoms with Crippen LogP contribution in [0.4, 0.5) is 0 Å². The molecule has 0 N–H and O–H groups in total. The van der Waals surface area contributed by atoms with E-state index in [2.05, 4.69) is 15.9 Å². The Labute approximate surface area is 94.8 Å². The summed E-state index contributed by atoms with van der Waals surface area (Å²) in [6.07, 6.45) is 0. The number of ether oxygens (including phenoxy) is 1. The highest BCUT2D eigenvalue weighted by Crippen LogP contribution is 2.28. The van der Waals surface area contributed by atoms with Gasteiger partial charge in [-0.2, -0.15) is 0 Å². The molecule has 1 heterocycles. The lowest BCUT2D eigenvalue weighted by Gasteiger charge is -2.04. The largest absolute Gasteiger partial charge is 0.497 e. The zero-order chi connectivity index (χ0) is 11.0. The molecule has 0 bridgehead atoms. The van der Waals surface area contributed by atoms with Crippen LogP contribution >= 0.6 is 15.9 Å². The molecule has 0 unspecified atom stereocenters. The molecule has 2 aromatic rings. The van der Waals surface area contributed by atoms with Crippen LogP contribution in [-0.2, 0) is 0 Å². The number of rotatable bonds is 1. The lowest BCUT2D eigenvalue weighted by atomic mass is 10.2. The molecule has 0 aliphatic carbocycles. The summed E-state index contributed by atoms with van der Waals surface area (Å²) in [5.41, 5.74) is 0.799. The molecule has 0 atom stereocenters. The van der Waals surface area contributed by atoms with Gasteiger partial charge in [-0.25, -0.2) is 4.79 Å². The van der Waals surface area contributed by atoms with Crippen molar-refractivity contribution in [3.63, 3.8) is 0 Å². The fourth-order valence-electron chi connectivity index (χ4n) is 1.37. The normalized spacial score (nSPS) is 10.6. The Balaban J connectivity index is 2.86. The van der Waals surface area contributed by atoms with Gasteiger partial charge in [0.1, 0.15) is 11.3 Å². The van der Waals surface area contributed by atoms with Gasteiger partial charge in [0.2, 0.25) is 0 Å². The summed E-state index contributed by atoms with van der Waals surface area (Å²) in [5.74, 6) is 0.654. The molecule has 0 fully saturated rings. The number of hydrogen-bond acceptors (Lipinski definition) is 3. The molecule has 0 radical (unpaired) electrons. The monoisotopic (exact) mass is 268 g/mol. The molecule has 4 heteroatoms. The third-order valence-electron chi connectivity index (χ3n) is 2.19. The molecule has 1 aromatic heterocycles. The molecule has 0 aliphatic heterocycles. The van der Waals surface area contributed by atoms with Crippen LogP contribution in [0.2, 0.25) is 0 Å². The predicted octanol–water partition coefficient (Wildman–Crippen LogP) is 2.87. The van der Waals surface area contributed by atoms with Crippen LogP contribution in [0.1, 0.15) is 5.56 Å². The van der Waals surface area contributed by atoms with Crippen molar-refractivity contribution in [2.24, 2.45) is 0 Å². The molecule has 0 aliphatic rings. The summed E-state index contributed by atoms with van der Waals surface area (Å²) >= 11 is 3.41. The summed E-state index contributed by atoms with van der Waals surface area (Å²) < 4.78 is 11.1. The first-order valence-electron chi connectivity index (χ1n) is 4.40. The number of halogens is 1. The number of methoxy groups -OCH3 is 1. The summed E-state index contributed by atoms with van der Waals surface area (Å²) in [4.78, 5) is 11.3. The second-order valence-electron chi connectivity index (χ2n) is 3.24. The number of hydrogen-bond donors (Lipinski definition) is 0. The van der Waals surface area contributed by atoms with E-state index in [1.807, 2.05) is 6.07 Å². The van der Waals surface area contributed by atoms with Gasteiger partial charge in [0, 0.05) is 21.5 Å². The lowest BCUT2D eigenvalue weighted by Crippen LogP contribution is -2.02. The van der Waals surface area contributed by atoms with Crippen molar-refractivity contribution in [1.82, 2.24) is 0 Å². The summed E-state index contributed by atoms with van der Waals surface area (Å²) in [7, 11) is 1.57. The molecule has 0 amide bonds. The van der Waals surface area contributed by atoms with Crippen LogP contribution in [0.25, 0.3) is 11.0 Å². The van der Waals surface area contributed by atoms with Crippen molar-refractivity contribution < 1.29 is 9.15 Å². The third kappa shape index (κ3) is 1.77. The van der Waals surface area contributed by atoms with Crippen molar-refractivity contribution in [2.45, 2.75) is 6.92 Å². The van der Waals surface area contributed by atoms with E-state index in [0.29, 0.717) is 16.9 Å². The Morgan fingerprint density at radius 2 is 2.07 bits per heavy atom. The van der Waals surface area contributed by atoms with Crippen LogP contribution in [0.3, 0.4) is 0 Å². The fourth-order valence-corrected chi connectivity index (χ4v) is 1.90. The Kier molecular flexibility index (Phi) is 2.52. The van der Waals surface area contributed by atoms with Gasteiger partial charge in [0.25, 0.3) is 0 Å². The van der Waals surface area contributed by atoms with Crippen LogP contribution < -0.4 is 10.4 Å². The minimum absolute atomic E-state index is 0.317. The maximum atomic E-state index is 11.3. The van der Waals surface area contributed by atoms with E-state index in [0.717, 1.165) is 9.86 Å². The van der Waals surface area contributed by atoms with E-state index in [4.69, 9.17) is 9.15 Å². The number of aryl methyl sites for hydroxylation is 1. The van der Waals surface area contributed by atoms with Gasteiger partial charge >= 0.3 is 5.63 Å². The van der Waals surface area contributed by atoms with Crippen molar-refractivity contribution in [3.05, 3.63) is 38.7 Å².